The fourth-order valence-electron chi connectivity index (χ4n) is 2.00. The van der Waals surface area contributed by atoms with E-state index in [2.05, 4.69) is 20.3 Å². The molecule has 22 heavy (non-hydrogen) atoms. The fourth-order valence-corrected chi connectivity index (χ4v) is 2.27. The number of nitrogens with one attached hydrogen (secondary N) is 1. The number of pyridine rings is 1. The highest BCUT2D eigenvalue weighted by atomic mass is 35.5. The molecule has 2 aromatic heterocycles. The van der Waals surface area contributed by atoms with Crippen molar-refractivity contribution >= 4 is 23.2 Å². The number of hydrogen-bond donors (Lipinski definition) is 1. The summed E-state index contributed by atoms with van der Waals surface area (Å²) in [7, 11) is 0. The van der Waals surface area contributed by atoms with Crippen molar-refractivity contribution in [3.8, 4) is 11.3 Å². The van der Waals surface area contributed by atoms with E-state index in [1.54, 1.807) is 24.4 Å². The summed E-state index contributed by atoms with van der Waals surface area (Å²) in [5.74, 6) is -0.354. The van der Waals surface area contributed by atoms with Gasteiger partial charge in [-0.3, -0.25) is 14.8 Å². The molecule has 3 rings (SSSR count). The van der Waals surface area contributed by atoms with Gasteiger partial charge in [0.2, 0.25) is 0 Å². The number of carbonyl (C=O) groups is 1. The Balaban J connectivity index is 1.98. The maximum absolute atomic E-state index is 12.2. The van der Waals surface area contributed by atoms with Crippen LogP contribution in [-0.2, 0) is 0 Å². The molecule has 1 amide bonds. The molecule has 2 heterocycles. The highest BCUT2D eigenvalue weighted by Crippen LogP contribution is 2.33. The molecule has 6 heteroatoms. The topological polar surface area (TPSA) is 67.8 Å². The van der Waals surface area contributed by atoms with Gasteiger partial charge in [-0.2, -0.15) is 0 Å². The highest BCUT2D eigenvalue weighted by Gasteiger charge is 2.14. The third-order valence-electron chi connectivity index (χ3n) is 2.98. The third kappa shape index (κ3) is 2.94. The number of amides is 1. The molecule has 0 saturated carbocycles. The number of anilines is 1. The number of nitrogens with zero attached hydrogens (tertiary/aromatic N) is 3. The van der Waals surface area contributed by atoms with Gasteiger partial charge in [0.05, 0.1) is 22.6 Å². The number of hydrogen-bond acceptors (Lipinski definition) is 4. The first-order valence-corrected chi connectivity index (χ1v) is 6.91. The van der Waals surface area contributed by atoms with Crippen molar-refractivity contribution in [3.63, 3.8) is 0 Å². The second-order valence-corrected chi connectivity index (χ2v) is 4.83. The van der Waals surface area contributed by atoms with Crippen molar-refractivity contribution in [2.75, 3.05) is 5.32 Å². The summed E-state index contributed by atoms with van der Waals surface area (Å²) in [5.41, 5.74) is 2.15. The normalized spacial score (nSPS) is 10.2. The van der Waals surface area contributed by atoms with Gasteiger partial charge in [-0.05, 0) is 24.3 Å². The smallest absolute Gasteiger partial charge is 0.275 e. The summed E-state index contributed by atoms with van der Waals surface area (Å²) < 4.78 is 0. The van der Waals surface area contributed by atoms with Crippen LogP contribution in [0.3, 0.4) is 0 Å². The summed E-state index contributed by atoms with van der Waals surface area (Å²) in [6.07, 6.45) is 6.05. The molecule has 0 unspecified atom stereocenters. The molecule has 108 valence electrons. The van der Waals surface area contributed by atoms with Crippen molar-refractivity contribution in [2.45, 2.75) is 0 Å². The molecule has 0 spiro atoms. The number of halogens is 1. The molecule has 0 fully saturated rings. The largest absolute Gasteiger partial charge is 0.320 e. The van der Waals surface area contributed by atoms with Gasteiger partial charge < -0.3 is 5.32 Å². The van der Waals surface area contributed by atoms with Crippen molar-refractivity contribution in [1.29, 1.82) is 0 Å². The maximum Gasteiger partial charge on any atom is 0.275 e. The lowest BCUT2D eigenvalue weighted by Crippen LogP contribution is -2.14. The molecular formula is C16H11ClN4O. The molecule has 0 atom stereocenters. The van der Waals surface area contributed by atoms with Crippen LogP contribution in [0.25, 0.3) is 11.3 Å². The van der Waals surface area contributed by atoms with E-state index in [4.69, 9.17) is 11.6 Å². The fraction of sp³-hybridized carbons (Fsp3) is 0. The summed E-state index contributed by atoms with van der Waals surface area (Å²) in [6, 6.07) is 10.8. The quantitative estimate of drug-likeness (QED) is 0.804. The van der Waals surface area contributed by atoms with Gasteiger partial charge in [-0.1, -0.05) is 23.7 Å². The standard InChI is InChI=1S/C16H11ClN4O/c17-11-4-3-6-13(15(11)12-5-1-2-7-19-12)21-16(22)14-10-18-8-9-20-14/h1-10H,(H,21,22). The van der Waals surface area contributed by atoms with E-state index in [0.29, 0.717) is 22.0 Å². The molecule has 5 nitrogen and oxygen atoms in total. The molecule has 0 saturated heterocycles. The summed E-state index contributed by atoms with van der Waals surface area (Å²) in [6.45, 7) is 0. The van der Waals surface area contributed by atoms with Crippen LogP contribution in [0.1, 0.15) is 10.5 Å². The van der Waals surface area contributed by atoms with Crippen LogP contribution < -0.4 is 5.32 Å². The first kappa shape index (κ1) is 14.2. The van der Waals surface area contributed by atoms with Crippen LogP contribution in [0.4, 0.5) is 5.69 Å². The molecule has 1 N–H and O–H groups in total. The molecule has 0 aliphatic heterocycles. The molecule has 3 aromatic rings. The third-order valence-corrected chi connectivity index (χ3v) is 3.29. The predicted molar refractivity (Wildman–Crippen MR) is 84.7 cm³/mol. The van der Waals surface area contributed by atoms with E-state index in [1.807, 2.05) is 18.2 Å². The zero-order chi connectivity index (χ0) is 15.4. The van der Waals surface area contributed by atoms with E-state index in [1.165, 1.54) is 18.6 Å². The van der Waals surface area contributed by atoms with Gasteiger partial charge in [0.1, 0.15) is 5.69 Å². The summed E-state index contributed by atoms with van der Waals surface area (Å²) in [5, 5.41) is 3.31. The lowest BCUT2D eigenvalue weighted by atomic mass is 10.1. The van der Waals surface area contributed by atoms with E-state index < -0.39 is 0 Å². The van der Waals surface area contributed by atoms with Crippen molar-refractivity contribution in [1.82, 2.24) is 15.0 Å². The second kappa shape index (κ2) is 6.32. The zero-order valence-corrected chi connectivity index (χ0v) is 12.2. The van der Waals surface area contributed by atoms with E-state index in [9.17, 15) is 4.79 Å². The lowest BCUT2D eigenvalue weighted by molar-refractivity contribution is 0.102. The second-order valence-electron chi connectivity index (χ2n) is 4.42. The summed E-state index contributed by atoms with van der Waals surface area (Å²) in [4.78, 5) is 24.4. The van der Waals surface area contributed by atoms with Crippen LogP contribution >= 0.6 is 11.6 Å². The molecule has 0 bridgehead atoms. The van der Waals surface area contributed by atoms with E-state index in [-0.39, 0.29) is 11.6 Å². The number of aromatic nitrogens is 3. The van der Waals surface area contributed by atoms with E-state index in [0.717, 1.165) is 0 Å². The highest BCUT2D eigenvalue weighted by molar-refractivity contribution is 6.34. The van der Waals surface area contributed by atoms with Crippen LogP contribution in [0.5, 0.6) is 0 Å². The Morgan fingerprint density at radius 3 is 2.64 bits per heavy atom. The van der Waals surface area contributed by atoms with Crippen LogP contribution in [0.15, 0.2) is 61.2 Å². The maximum atomic E-state index is 12.2. The van der Waals surface area contributed by atoms with Gasteiger partial charge in [0.15, 0.2) is 0 Å². The average molecular weight is 311 g/mol. The van der Waals surface area contributed by atoms with Crippen molar-refractivity contribution in [2.24, 2.45) is 0 Å². The predicted octanol–water partition coefficient (Wildman–Crippen LogP) is 3.44. The van der Waals surface area contributed by atoms with Gasteiger partial charge >= 0.3 is 0 Å². The minimum absolute atomic E-state index is 0.231. The number of carbonyl (C=O) groups excluding carboxylic acids is 1. The average Bonchev–Trinajstić information content (AvgIpc) is 2.56. The summed E-state index contributed by atoms with van der Waals surface area (Å²) >= 11 is 6.27. The SMILES string of the molecule is O=C(Nc1cccc(Cl)c1-c1ccccn1)c1cnccn1. The number of benzene rings is 1. The first-order valence-electron chi connectivity index (χ1n) is 6.53. The molecule has 0 aliphatic rings. The Kier molecular flexibility index (Phi) is 4.07. The van der Waals surface area contributed by atoms with Crippen molar-refractivity contribution < 1.29 is 4.79 Å². The molecule has 0 radical (unpaired) electrons. The Morgan fingerprint density at radius 1 is 1.00 bits per heavy atom. The monoisotopic (exact) mass is 310 g/mol. The van der Waals surface area contributed by atoms with Gasteiger partial charge in [0, 0.05) is 24.2 Å². The Morgan fingerprint density at radius 2 is 1.91 bits per heavy atom. The zero-order valence-electron chi connectivity index (χ0n) is 11.4. The molecule has 0 aliphatic carbocycles. The first-order chi connectivity index (χ1) is 10.8. The van der Waals surface area contributed by atoms with Crippen LogP contribution in [-0.4, -0.2) is 20.9 Å². The van der Waals surface area contributed by atoms with Crippen molar-refractivity contribution in [3.05, 3.63) is 71.9 Å². The minimum atomic E-state index is -0.354. The minimum Gasteiger partial charge on any atom is -0.320 e. The van der Waals surface area contributed by atoms with Gasteiger partial charge in [-0.15, -0.1) is 0 Å². The van der Waals surface area contributed by atoms with E-state index >= 15 is 0 Å². The Bertz CT molecular complexity index is 794. The van der Waals surface area contributed by atoms with Gasteiger partial charge in [0.25, 0.3) is 5.91 Å². The molecule has 1 aromatic carbocycles. The lowest BCUT2D eigenvalue weighted by Gasteiger charge is -2.12. The van der Waals surface area contributed by atoms with Crippen LogP contribution in [0.2, 0.25) is 5.02 Å². The van der Waals surface area contributed by atoms with Gasteiger partial charge in [-0.25, -0.2) is 4.98 Å². The van der Waals surface area contributed by atoms with Crippen LogP contribution in [0, 0.1) is 0 Å². The number of rotatable bonds is 3. The molecular weight excluding hydrogens is 300 g/mol. The Hall–Kier alpha value is -2.79. The Labute approximate surface area is 132 Å².